The Morgan fingerprint density at radius 2 is 1.59 bits per heavy atom. The van der Waals surface area contributed by atoms with Gasteiger partial charge in [-0.25, -0.2) is 0 Å². The zero-order valence-corrected chi connectivity index (χ0v) is 21.5. The number of hydrogen-bond acceptors (Lipinski definition) is 3. The SMILES string of the molecule is CC(C)(C)c1cc(CCC(=O)Nc2c3c(nc4ccccc24)CCCC3)cc(C(C)(C)C)c1O. The number of nitrogens with zero attached hydrogens (tertiary/aromatic N) is 1. The molecule has 1 amide bonds. The van der Waals surface area contributed by atoms with E-state index in [1.54, 1.807) is 0 Å². The lowest BCUT2D eigenvalue weighted by Crippen LogP contribution is -2.19. The zero-order valence-electron chi connectivity index (χ0n) is 21.5. The van der Waals surface area contributed by atoms with Crippen LogP contribution in [0.5, 0.6) is 5.75 Å². The van der Waals surface area contributed by atoms with Crippen LogP contribution in [-0.2, 0) is 34.9 Å². The summed E-state index contributed by atoms with van der Waals surface area (Å²) in [5.74, 6) is 0.398. The minimum absolute atomic E-state index is 0.0202. The van der Waals surface area contributed by atoms with Crippen LogP contribution in [0.2, 0.25) is 0 Å². The van der Waals surface area contributed by atoms with E-state index in [9.17, 15) is 9.90 Å². The molecule has 0 fully saturated rings. The first kappa shape index (κ1) is 24.3. The normalized spacial score (nSPS) is 14.2. The highest BCUT2D eigenvalue weighted by Gasteiger charge is 2.27. The summed E-state index contributed by atoms with van der Waals surface area (Å²) < 4.78 is 0. The fourth-order valence-electron chi connectivity index (χ4n) is 4.96. The van der Waals surface area contributed by atoms with Crippen molar-refractivity contribution in [3.05, 3.63) is 64.3 Å². The Morgan fingerprint density at radius 3 is 2.24 bits per heavy atom. The number of para-hydroxylation sites is 1. The summed E-state index contributed by atoms with van der Waals surface area (Å²) >= 11 is 0. The van der Waals surface area contributed by atoms with Gasteiger partial charge in [-0.05, 0) is 71.3 Å². The number of rotatable bonds is 4. The summed E-state index contributed by atoms with van der Waals surface area (Å²) in [5, 5.41) is 15.3. The number of aryl methyl sites for hydroxylation is 2. The smallest absolute Gasteiger partial charge is 0.224 e. The first-order chi connectivity index (χ1) is 15.9. The van der Waals surface area contributed by atoms with E-state index in [0.29, 0.717) is 18.6 Å². The van der Waals surface area contributed by atoms with Crippen molar-refractivity contribution in [3.63, 3.8) is 0 Å². The molecule has 0 spiro atoms. The fraction of sp³-hybridized carbons (Fsp3) is 0.467. The molecule has 0 atom stereocenters. The number of pyridine rings is 1. The molecule has 3 aromatic rings. The van der Waals surface area contributed by atoms with E-state index in [1.807, 2.05) is 18.2 Å². The Kier molecular flexibility index (Phi) is 6.46. The number of phenolic OH excluding ortho intramolecular Hbond substituents is 1. The Labute approximate surface area is 203 Å². The van der Waals surface area contributed by atoms with Crippen LogP contribution >= 0.6 is 0 Å². The molecule has 4 heteroatoms. The third kappa shape index (κ3) is 4.96. The second-order valence-electron chi connectivity index (χ2n) is 11.7. The molecule has 34 heavy (non-hydrogen) atoms. The van der Waals surface area contributed by atoms with Gasteiger partial charge in [0.05, 0.1) is 11.2 Å². The summed E-state index contributed by atoms with van der Waals surface area (Å²) in [7, 11) is 0. The van der Waals surface area contributed by atoms with Crippen LogP contribution in [-0.4, -0.2) is 16.0 Å². The number of nitrogens with one attached hydrogen (secondary N) is 1. The average molecular weight is 459 g/mol. The fourth-order valence-corrected chi connectivity index (χ4v) is 4.96. The lowest BCUT2D eigenvalue weighted by Gasteiger charge is -2.28. The number of benzene rings is 2. The number of fused-ring (bicyclic) bond motifs is 2. The molecule has 0 saturated heterocycles. The molecule has 0 bridgehead atoms. The van der Waals surface area contributed by atoms with Crippen molar-refractivity contribution in [2.45, 2.75) is 90.9 Å². The molecule has 4 rings (SSSR count). The highest BCUT2D eigenvalue weighted by molar-refractivity contribution is 6.02. The van der Waals surface area contributed by atoms with Crippen LogP contribution in [0.1, 0.15) is 88.8 Å². The van der Waals surface area contributed by atoms with Gasteiger partial charge in [0.2, 0.25) is 5.91 Å². The molecular formula is C30H38N2O2. The molecule has 0 radical (unpaired) electrons. The summed E-state index contributed by atoms with van der Waals surface area (Å²) in [6.45, 7) is 12.7. The van der Waals surface area contributed by atoms with Crippen LogP contribution in [0.4, 0.5) is 5.69 Å². The van der Waals surface area contributed by atoms with Crippen LogP contribution in [0.25, 0.3) is 10.9 Å². The van der Waals surface area contributed by atoms with Gasteiger partial charge in [-0.2, -0.15) is 0 Å². The minimum atomic E-state index is -0.183. The number of carbonyl (C=O) groups is 1. The van der Waals surface area contributed by atoms with Crippen molar-refractivity contribution in [2.24, 2.45) is 0 Å². The number of aromatic hydroxyl groups is 1. The van der Waals surface area contributed by atoms with E-state index >= 15 is 0 Å². The predicted octanol–water partition coefficient (Wildman–Crippen LogP) is 6.99. The summed E-state index contributed by atoms with van der Waals surface area (Å²) in [6.07, 6.45) is 5.24. The largest absolute Gasteiger partial charge is 0.507 e. The van der Waals surface area contributed by atoms with Gasteiger partial charge in [0, 0.05) is 17.5 Å². The van der Waals surface area contributed by atoms with E-state index in [2.05, 4.69) is 65.1 Å². The van der Waals surface area contributed by atoms with Gasteiger partial charge in [0.15, 0.2) is 0 Å². The van der Waals surface area contributed by atoms with Crippen molar-refractivity contribution in [1.29, 1.82) is 0 Å². The molecule has 1 aliphatic rings. The lowest BCUT2D eigenvalue weighted by molar-refractivity contribution is -0.116. The predicted molar refractivity (Wildman–Crippen MR) is 141 cm³/mol. The quantitative estimate of drug-likeness (QED) is 0.443. The number of hydrogen-bond donors (Lipinski definition) is 2. The van der Waals surface area contributed by atoms with Crippen molar-refractivity contribution in [2.75, 3.05) is 5.32 Å². The lowest BCUT2D eigenvalue weighted by atomic mass is 9.78. The maximum Gasteiger partial charge on any atom is 0.224 e. The molecule has 1 heterocycles. The number of phenols is 1. The van der Waals surface area contributed by atoms with Gasteiger partial charge >= 0.3 is 0 Å². The molecule has 180 valence electrons. The van der Waals surface area contributed by atoms with Crippen LogP contribution < -0.4 is 5.32 Å². The molecule has 4 nitrogen and oxygen atoms in total. The zero-order chi connectivity index (χ0) is 24.7. The van der Waals surface area contributed by atoms with E-state index in [0.717, 1.165) is 64.7 Å². The second-order valence-corrected chi connectivity index (χ2v) is 11.7. The first-order valence-electron chi connectivity index (χ1n) is 12.5. The molecule has 1 aliphatic carbocycles. The summed E-state index contributed by atoms with van der Waals surface area (Å²) in [4.78, 5) is 18.0. The molecular weight excluding hydrogens is 420 g/mol. The number of amides is 1. The van der Waals surface area contributed by atoms with E-state index in [4.69, 9.17) is 4.98 Å². The molecule has 0 aliphatic heterocycles. The van der Waals surface area contributed by atoms with Crippen molar-refractivity contribution < 1.29 is 9.90 Å². The molecule has 2 aromatic carbocycles. The molecule has 2 N–H and O–H groups in total. The van der Waals surface area contributed by atoms with Crippen molar-refractivity contribution >= 4 is 22.5 Å². The minimum Gasteiger partial charge on any atom is -0.507 e. The molecule has 1 aromatic heterocycles. The Morgan fingerprint density at radius 1 is 0.971 bits per heavy atom. The van der Waals surface area contributed by atoms with Crippen LogP contribution in [0.3, 0.4) is 0 Å². The first-order valence-corrected chi connectivity index (χ1v) is 12.5. The van der Waals surface area contributed by atoms with Gasteiger partial charge in [-0.1, -0.05) is 71.9 Å². The van der Waals surface area contributed by atoms with E-state index in [1.165, 1.54) is 5.56 Å². The van der Waals surface area contributed by atoms with Gasteiger partial charge in [0.1, 0.15) is 5.75 Å². The highest BCUT2D eigenvalue weighted by Crippen LogP contribution is 2.40. The Bertz CT molecular complexity index is 1190. The Balaban J connectivity index is 1.61. The third-order valence-corrected chi connectivity index (χ3v) is 6.86. The van der Waals surface area contributed by atoms with Crippen molar-refractivity contribution in [3.8, 4) is 5.75 Å². The highest BCUT2D eigenvalue weighted by atomic mass is 16.3. The van der Waals surface area contributed by atoms with Crippen LogP contribution in [0.15, 0.2) is 36.4 Å². The van der Waals surface area contributed by atoms with Crippen molar-refractivity contribution in [1.82, 2.24) is 4.98 Å². The van der Waals surface area contributed by atoms with E-state index in [-0.39, 0.29) is 16.7 Å². The topological polar surface area (TPSA) is 62.2 Å². The standard InChI is InChI=1S/C30H38N2O2/c1-29(2,3)22-17-19(18-23(28(22)34)30(4,5)6)15-16-26(33)32-27-20-11-7-9-13-24(20)31-25-14-10-8-12-21(25)27/h7,9,11,13,17-18,34H,8,10,12,14-16H2,1-6H3,(H,31,32,33). The van der Waals surface area contributed by atoms with Crippen LogP contribution in [0, 0.1) is 0 Å². The maximum absolute atomic E-state index is 13.2. The molecule has 0 saturated carbocycles. The monoisotopic (exact) mass is 458 g/mol. The second kappa shape index (κ2) is 9.05. The van der Waals surface area contributed by atoms with Gasteiger partial charge in [-0.3, -0.25) is 9.78 Å². The number of aromatic nitrogens is 1. The third-order valence-electron chi connectivity index (χ3n) is 6.86. The maximum atomic E-state index is 13.2. The van der Waals surface area contributed by atoms with Gasteiger partial charge in [-0.15, -0.1) is 0 Å². The summed E-state index contributed by atoms with van der Waals surface area (Å²) in [6, 6.07) is 12.2. The van der Waals surface area contributed by atoms with Gasteiger partial charge in [0.25, 0.3) is 0 Å². The molecule has 0 unspecified atom stereocenters. The Hall–Kier alpha value is -2.88. The summed E-state index contributed by atoms with van der Waals surface area (Å²) in [5.41, 5.74) is 6.81. The van der Waals surface area contributed by atoms with E-state index < -0.39 is 0 Å². The number of anilines is 1. The van der Waals surface area contributed by atoms with Gasteiger partial charge < -0.3 is 10.4 Å². The number of carbonyl (C=O) groups excluding carboxylic acids is 1. The average Bonchev–Trinajstić information content (AvgIpc) is 2.76.